The zero-order valence-electron chi connectivity index (χ0n) is 13.4. The summed E-state index contributed by atoms with van der Waals surface area (Å²) in [4.78, 5) is 0. The van der Waals surface area contributed by atoms with Gasteiger partial charge in [0.05, 0.1) is 0 Å². The van der Waals surface area contributed by atoms with Gasteiger partial charge < -0.3 is 22.5 Å². The van der Waals surface area contributed by atoms with Crippen molar-refractivity contribution < 1.29 is 0 Å². The third-order valence-corrected chi connectivity index (χ3v) is 3.63. The van der Waals surface area contributed by atoms with E-state index in [0.717, 1.165) is 39.0 Å². The molecule has 0 aromatic carbocycles. The standard InChI is InChI=1S/C15H37N5/c1-2-15(17,18)20-14-10-6-5-9-13-19-12-8-4-3-7-11-16/h19-20H,2-14,16-18H2,1H3. The molecule has 0 aromatic rings. The highest BCUT2D eigenvalue weighted by Gasteiger charge is 2.13. The molecule has 0 saturated carbocycles. The molecule has 8 N–H and O–H groups in total. The van der Waals surface area contributed by atoms with Gasteiger partial charge in [-0.1, -0.05) is 32.6 Å². The second-order valence-electron chi connectivity index (χ2n) is 5.69. The molecular weight excluding hydrogens is 250 g/mol. The fourth-order valence-corrected chi connectivity index (χ4v) is 2.05. The van der Waals surface area contributed by atoms with Crippen molar-refractivity contribution in [2.45, 2.75) is 70.5 Å². The maximum Gasteiger partial charge on any atom is 0.118 e. The summed E-state index contributed by atoms with van der Waals surface area (Å²) in [7, 11) is 0. The smallest absolute Gasteiger partial charge is 0.118 e. The van der Waals surface area contributed by atoms with Crippen LogP contribution in [0.2, 0.25) is 0 Å². The van der Waals surface area contributed by atoms with Crippen molar-refractivity contribution in [3.63, 3.8) is 0 Å². The quantitative estimate of drug-likeness (QED) is 0.230. The Hall–Kier alpha value is -0.200. The average molecular weight is 287 g/mol. The maximum atomic E-state index is 5.81. The molecule has 0 spiro atoms. The van der Waals surface area contributed by atoms with Gasteiger partial charge in [0.2, 0.25) is 0 Å². The van der Waals surface area contributed by atoms with Crippen molar-refractivity contribution in [2.24, 2.45) is 17.2 Å². The molecule has 122 valence electrons. The van der Waals surface area contributed by atoms with E-state index in [2.05, 4.69) is 10.6 Å². The number of hydrogen-bond donors (Lipinski definition) is 5. The normalized spacial score (nSPS) is 12.0. The molecule has 0 aliphatic rings. The Morgan fingerprint density at radius 1 is 0.750 bits per heavy atom. The number of rotatable bonds is 15. The third-order valence-electron chi connectivity index (χ3n) is 3.63. The van der Waals surface area contributed by atoms with Gasteiger partial charge in [-0.2, -0.15) is 0 Å². The lowest BCUT2D eigenvalue weighted by Gasteiger charge is -2.24. The van der Waals surface area contributed by atoms with E-state index in [1.54, 1.807) is 0 Å². The maximum absolute atomic E-state index is 5.81. The fraction of sp³-hybridized carbons (Fsp3) is 1.00. The monoisotopic (exact) mass is 287 g/mol. The van der Waals surface area contributed by atoms with Gasteiger partial charge in [-0.15, -0.1) is 0 Å². The van der Waals surface area contributed by atoms with Crippen LogP contribution in [0, 0.1) is 0 Å². The first-order valence-electron chi connectivity index (χ1n) is 8.36. The number of unbranched alkanes of at least 4 members (excludes halogenated alkanes) is 6. The topological polar surface area (TPSA) is 102 Å². The van der Waals surface area contributed by atoms with Gasteiger partial charge in [-0.25, -0.2) is 0 Å². The summed E-state index contributed by atoms with van der Waals surface area (Å²) < 4.78 is 0. The first-order valence-corrected chi connectivity index (χ1v) is 8.36. The molecule has 0 radical (unpaired) electrons. The highest BCUT2D eigenvalue weighted by Crippen LogP contribution is 2.00. The van der Waals surface area contributed by atoms with Crippen LogP contribution in [-0.4, -0.2) is 32.0 Å². The van der Waals surface area contributed by atoms with Gasteiger partial charge in [0, 0.05) is 0 Å². The Morgan fingerprint density at radius 2 is 1.25 bits per heavy atom. The molecule has 0 rings (SSSR count). The summed E-state index contributed by atoms with van der Waals surface area (Å²) in [5.41, 5.74) is 17.1. The lowest BCUT2D eigenvalue weighted by atomic mass is 10.1. The van der Waals surface area contributed by atoms with E-state index in [9.17, 15) is 0 Å². The van der Waals surface area contributed by atoms with E-state index in [1.165, 1.54) is 44.9 Å². The van der Waals surface area contributed by atoms with Crippen molar-refractivity contribution in [3.8, 4) is 0 Å². The van der Waals surface area contributed by atoms with Crippen LogP contribution in [-0.2, 0) is 0 Å². The minimum absolute atomic E-state index is 0.689. The van der Waals surface area contributed by atoms with Crippen molar-refractivity contribution >= 4 is 0 Å². The van der Waals surface area contributed by atoms with Crippen LogP contribution in [0.5, 0.6) is 0 Å². The molecule has 0 fully saturated rings. The molecule has 0 unspecified atom stereocenters. The predicted octanol–water partition coefficient (Wildman–Crippen LogP) is 1.23. The second-order valence-corrected chi connectivity index (χ2v) is 5.69. The van der Waals surface area contributed by atoms with E-state index in [0.29, 0.717) is 0 Å². The molecule has 5 heteroatoms. The minimum atomic E-state index is -0.689. The summed E-state index contributed by atoms with van der Waals surface area (Å²) in [6.07, 6.45) is 10.7. The summed E-state index contributed by atoms with van der Waals surface area (Å²) >= 11 is 0. The Balaban J connectivity index is 3.06. The van der Waals surface area contributed by atoms with Crippen molar-refractivity contribution in [1.29, 1.82) is 0 Å². The molecule has 5 nitrogen and oxygen atoms in total. The van der Waals surface area contributed by atoms with E-state index < -0.39 is 5.79 Å². The Labute approximate surface area is 125 Å². The van der Waals surface area contributed by atoms with E-state index in [4.69, 9.17) is 17.2 Å². The molecule has 0 saturated heterocycles. The van der Waals surface area contributed by atoms with Crippen LogP contribution in [0.25, 0.3) is 0 Å². The fourth-order valence-electron chi connectivity index (χ4n) is 2.05. The summed E-state index contributed by atoms with van der Waals surface area (Å²) in [5.74, 6) is -0.689. The van der Waals surface area contributed by atoms with Gasteiger partial charge >= 0.3 is 0 Å². The number of nitrogens with two attached hydrogens (primary N) is 3. The number of nitrogens with one attached hydrogen (secondary N) is 2. The van der Waals surface area contributed by atoms with Crippen molar-refractivity contribution in [1.82, 2.24) is 10.6 Å². The van der Waals surface area contributed by atoms with Crippen LogP contribution in [0.1, 0.15) is 64.7 Å². The van der Waals surface area contributed by atoms with E-state index >= 15 is 0 Å². The lowest BCUT2D eigenvalue weighted by molar-refractivity contribution is 0.331. The van der Waals surface area contributed by atoms with E-state index in [1.807, 2.05) is 6.92 Å². The van der Waals surface area contributed by atoms with Gasteiger partial charge in [-0.3, -0.25) is 5.32 Å². The summed E-state index contributed by atoms with van der Waals surface area (Å²) in [6, 6.07) is 0. The molecule has 0 heterocycles. The molecule has 0 aromatic heterocycles. The molecule has 0 amide bonds. The highest BCUT2D eigenvalue weighted by molar-refractivity contribution is 4.70. The van der Waals surface area contributed by atoms with Gasteiger partial charge in [0.1, 0.15) is 5.79 Å². The molecule has 0 bridgehead atoms. The zero-order chi connectivity index (χ0) is 15.1. The SMILES string of the molecule is CCC(N)(N)NCCCCCCNCCCCCCN. The summed E-state index contributed by atoms with van der Waals surface area (Å²) in [6.45, 7) is 6.02. The zero-order valence-corrected chi connectivity index (χ0v) is 13.4. The minimum Gasteiger partial charge on any atom is -0.330 e. The molecule has 0 atom stereocenters. The van der Waals surface area contributed by atoms with Crippen molar-refractivity contribution in [2.75, 3.05) is 26.2 Å². The van der Waals surface area contributed by atoms with Crippen LogP contribution in [0.3, 0.4) is 0 Å². The molecular formula is C15H37N5. The number of hydrogen-bond acceptors (Lipinski definition) is 5. The molecule has 0 aliphatic heterocycles. The molecule has 20 heavy (non-hydrogen) atoms. The van der Waals surface area contributed by atoms with Crippen LogP contribution in [0.4, 0.5) is 0 Å². The third kappa shape index (κ3) is 14.2. The Kier molecular flexibility index (Phi) is 13.6. The second kappa shape index (κ2) is 13.8. The molecule has 0 aliphatic carbocycles. The summed E-state index contributed by atoms with van der Waals surface area (Å²) in [5, 5.41) is 6.67. The Bertz CT molecular complexity index is 197. The Morgan fingerprint density at radius 3 is 1.75 bits per heavy atom. The predicted molar refractivity (Wildman–Crippen MR) is 88.3 cm³/mol. The van der Waals surface area contributed by atoms with Gasteiger partial charge in [0.25, 0.3) is 0 Å². The van der Waals surface area contributed by atoms with Crippen LogP contribution >= 0.6 is 0 Å². The lowest BCUT2D eigenvalue weighted by Crippen LogP contribution is -2.60. The van der Waals surface area contributed by atoms with E-state index in [-0.39, 0.29) is 0 Å². The highest BCUT2D eigenvalue weighted by atomic mass is 15.2. The van der Waals surface area contributed by atoms with Gasteiger partial charge in [-0.05, 0) is 58.3 Å². The van der Waals surface area contributed by atoms with Gasteiger partial charge in [0.15, 0.2) is 0 Å². The average Bonchev–Trinajstić information content (AvgIpc) is 2.44. The van der Waals surface area contributed by atoms with Crippen molar-refractivity contribution in [3.05, 3.63) is 0 Å². The van der Waals surface area contributed by atoms with Crippen LogP contribution in [0.15, 0.2) is 0 Å². The van der Waals surface area contributed by atoms with Crippen LogP contribution < -0.4 is 27.8 Å². The largest absolute Gasteiger partial charge is 0.330 e. The first-order chi connectivity index (χ1) is 9.62. The first kappa shape index (κ1) is 19.8.